The number of anilines is 2. The van der Waals surface area contributed by atoms with Crippen LogP contribution < -0.4 is 4.90 Å². The van der Waals surface area contributed by atoms with E-state index in [1.807, 2.05) is 47.4 Å². The maximum absolute atomic E-state index is 4.76. The van der Waals surface area contributed by atoms with Gasteiger partial charge >= 0.3 is 0 Å². The molecular formula is C27H25N7. The van der Waals surface area contributed by atoms with Crippen molar-refractivity contribution < 1.29 is 0 Å². The first-order valence-electron chi connectivity index (χ1n) is 11.1. The number of nitrogens with one attached hydrogen (secondary N) is 2. The minimum absolute atomic E-state index is 0.498. The van der Waals surface area contributed by atoms with Gasteiger partial charge in [0, 0.05) is 11.1 Å². The molecule has 0 spiro atoms. The highest BCUT2D eigenvalue weighted by Gasteiger charge is 2.20. The molecular weight excluding hydrogens is 422 g/mol. The lowest BCUT2D eigenvalue weighted by molar-refractivity contribution is 0.872. The Morgan fingerprint density at radius 3 is 1.62 bits per heavy atom. The zero-order chi connectivity index (χ0) is 23.5. The Kier molecular flexibility index (Phi) is 5.74. The number of H-pyrrole nitrogens is 2. The molecule has 0 amide bonds. The molecule has 2 aromatic heterocycles. The second kappa shape index (κ2) is 9.15. The molecule has 0 saturated heterocycles. The summed E-state index contributed by atoms with van der Waals surface area (Å²) in [5.74, 6) is 2.38. The van der Waals surface area contributed by atoms with Crippen LogP contribution in [0.4, 0.5) is 11.9 Å². The summed E-state index contributed by atoms with van der Waals surface area (Å²) in [6.45, 7) is 8.46. The van der Waals surface area contributed by atoms with Crippen LogP contribution in [0.1, 0.15) is 22.3 Å². The van der Waals surface area contributed by atoms with Crippen LogP contribution in [0.5, 0.6) is 0 Å². The van der Waals surface area contributed by atoms with Gasteiger partial charge < -0.3 is 0 Å². The van der Waals surface area contributed by atoms with Crippen LogP contribution in [0.25, 0.3) is 28.9 Å². The topological polar surface area (TPSA) is 86.4 Å². The Balaban J connectivity index is 1.50. The first-order chi connectivity index (χ1) is 16.6. The van der Waals surface area contributed by atoms with Crippen LogP contribution in [-0.4, -0.2) is 30.4 Å². The molecule has 168 valence electrons. The zero-order valence-electron chi connectivity index (χ0n) is 19.2. The van der Waals surface area contributed by atoms with E-state index < -0.39 is 0 Å². The average molecular weight is 448 g/mol. The van der Waals surface area contributed by atoms with Gasteiger partial charge in [-0.25, -0.2) is 0 Å². The second-order valence-corrected chi connectivity index (χ2v) is 8.23. The molecule has 0 bridgehead atoms. The first-order valence-corrected chi connectivity index (χ1v) is 11.1. The van der Waals surface area contributed by atoms with Crippen molar-refractivity contribution in [1.29, 1.82) is 0 Å². The molecule has 0 aliphatic carbocycles. The minimum Gasteiger partial charge on any atom is -0.272 e. The Bertz CT molecular complexity index is 1310. The fourth-order valence-electron chi connectivity index (χ4n) is 3.60. The summed E-state index contributed by atoms with van der Waals surface area (Å²) < 4.78 is 0. The fraction of sp³-hybridized carbons (Fsp3) is 0.111. The Morgan fingerprint density at radius 2 is 1.18 bits per heavy atom. The average Bonchev–Trinajstić information content (AvgIpc) is 3.55. The Hall–Kier alpha value is -4.52. The lowest BCUT2D eigenvalue weighted by atomic mass is 10.1. The number of rotatable bonds is 7. The number of hydrogen-bond acceptors (Lipinski definition) is 5. The number of aromatic amines is 2. The highest BCUT2D eigenvalue weighted by molar-refractivity contribution is 5.61. The molecule has 0 aliphatic heterocycles. The van der Waals surface area contributed by atoms with Crippen molar-refractivity contribution in [2.24, 2.45) is 0 Å². The van der Waals surface area contributed by atoms with E-state index in [0.29, 0.717) is 30.1 Å². The number of aromatic nitrogens is 6. The van der Waals surface area contributed by atoms with E-state index in [4.69, 9.17) is 9.97 Å². The summed E-state index contributed by atoms with van der Waals surface area (Å²) in [4.78, 5) is 11.4. The summed E-state index contributed by atoms with van der Waals surface area (Å²) in [6, 6.07) is 24.5. The van der Waals surface area contributed by atoms with Crippen molar-refractivity contribution in [1.82, 2.24) is 30.4 Å². The van der Waals surface area contributed by atoms with Crippen LogP contribution in [0.2, 0.25) is 0 Å². The van der Waals surface area contributed by atoms with Crippen LogP contribution in [-0.2, 0) is 6.54 Å². The standard InChI is InChI=1S/C27H25N7/c1-4-20-9-11-21(12-10-20)17-34(26-28-24(30-32-26)22-13-5-18(2)6-14-22)27-29-25(31-33-27)23-15-7-19(3)8-16-23/h4-16H,1,17H2,2-3H3,(H,28,30,32)(H,29,31,33). The van der Waals surface area contributed by atoms with Crippen LogP contribution in [0.3, 0.4) is 0 Å². The number of nitrogens with zero attached hydrogens (tertiary/aromatic N) is 5. The monoisotopic (exact) mass is 447 g/mol. The van der Waals surface area contributed by atoms with E-state index in [0.717, 1.165) is 22.3 Å². The lowest BCUT2D eigenvalue weighted by Gasteiger charge is -2.17. The molecule has 5 aromatic rings. The Morgan fingerprint density at radius 1 is 0.706 bits per heavy atom. The molecule has 0 saturated carbocycles. The van der Waals surface area contributed by atoms with Gasteiger partial charge in [0.2, 0.25) is 0 Å². The van der Waals surface area contributed by atoms with Gasteiger partial charge in [0.1, 0.15) is 0 Å². The maximum Gasteiger partial charge on any atom is 0.252 e. The SMILES string of the molecule is C=Cc1ccc(CN(c2n[nH]c(-c3ccc(C)cc3)n2)c2n[nH]c(-c3ccc(C)cc3)n2)cc1. The van der Waals surface area contributed by atoms with Gasteiger partial charge in [-0.15, -0.1) is 10.2 Å². The first kappa shape index (κ1) is 21.3. The van der Waals surface area contributed by atoms with Crippen molar-refractivity contribution in [3.8, 4) is 22.8 Å². The molecule has 2 heterocycles. The Labute approximate surface area is 198 Å². The van der Waals surface area contributed by atoms with E-state index in [2.05, 4.69) is 77.2 Å². The predicted molar refractivity (Wildman–Crippen MR) is 135 cm³/mol. The lowest BCUT2D eigenvalue weighted by Crippen LogP contribution is -2.19. The third-order valence-electron chi connectivity index (χ3n) is 5.64. The van der Waals surface area contributed by atoms with E-state index in [1.54, 1.807) is 0 Å². The number of benzene rings is 3. The van der Waals surface area contributed by atoms with E-state index in [-0.39, 0.29) is 0 Å². The molecule has 0 fully saturated rings. The fourth-order valence-corrected chi connectivity index (χ4v) is 3.60. The van der Waals surface area contributed by atoms with Gasteiger partial charge in [-0.05, 0) is 25.0 Å². The molecule has 7 nitrogen and oxygen atoms in total. The number of hydrogen-bond donors (Lipinski definition) is 2. The van der Waals surface area contributed by atoms with Gasteiger partial charge in [-0.3, -0.25) is 15.1 Å². The van der Waals surface area contributed by atoms with E-state index in [9.17, 15) is 0 Å². The summed E-state index contributed by atoms with van der Waals surface area (Å²) in [5, 5.41) is 15.1. The van der Waals surface area contributed by atoms with E-state index >= 15 is 0 Å². The van der Waals surface area contributed by atoms with Crippen molar-refractivity contribution >= 4 is 18.0 Å². The largest absolute Gasteiger partial charge is 0.272 e. The van der Waals surface area contributed by atoms with Crippen molar-refractivity contribution in [2.75, 3.05) is 4.90 Å². The third kappa shape index (κ3) is 4.49. The summed E-state index contributed by atoms with van der Waals surface area (Å²) in [6.07, 6.45) is 1.83. The molecule has 0 radical (unpaired) electrons. The van der Waals surface area contributed by atoms with Crippen LogP contribution in [0.15, 0.2) is 79.4 Å². The zero-order valence-corrected chi connectivity index (χ0v) is 19.2. The van der Waals surface area contributed by atoms with Gasteiger partial charge in [0.05, 0.1) is 6.54 Å². The molecule has 3 aromatic carbocycles. The third-order valence-corrected chi connectivity index (χ3v) is 5.64. The van der Waals surface area contributed by atoms with E-state index in [1.165, 1.54) is 11.1 Å². The van der Waals surface area contributed by atoms with Crippen molar-refractivity contribution in [2.45, 2.75) is 20.4 Å². The summed E-state index contributed by atoms with van der Waals surface area (Å²) in [5.41, 5.74) is 6.46. The second-order valence-electron chi connectivity index (χ2n) is 8.23. The molecule has 0 aliphatic rings. The van der Waals surface area contributed by atoms with Gasteiger partial charge in [-0.1, -0.05) is 96.6 Å². The molecule has 7 heteroatoms. The molecule has 2 N–H and O–H groups in total. The minimum atomic E-state index is 0.498. The van der Waals surface area contributed by atoms with Gasteiger partial charge in [0.15, 0.2) is 11.6 Å². The molecule has 0 unspecified atom stereocenters. The van der Waals surface area contributed by atoms with Crippen molar-refractivity contribution in [3.63, 3.8) is 0 Å². The summed E-state index contributed by atoms with van der Waals surface area (Å²) in [7, 11) is 0. The van der Waals surface area contributed by atoms with Crippen molar-refractivity contribution in [3.05, 3.63) is 102 Å². The summed E-state index contributed by atoms with van der Waals surface area (Å²) >= 11 is 0. The normalized spacial score (nSPS) is 10.9. The highest BCUT2D eigenvalue weighted by Crippen LogP contribution is 2.26. The van der Waals surface area contributed by atoms with Crippen LogP contribution >= 0.6 is 0 Å². The van der Waals surface area contributed by atoms with Crippen LogP contribution in [0, 0.1) is 13.8 Å². The highest BCUT2D eigenvalue weighted by atomic mass is 15.4. The molecule has 5 rings (SSSR count). The van der Waals surface area contributed by atoms with Gasteiger partial charge in [-0.2, -0.15) is 9.97 Å². The number of aryl methyl sites for hydroxylation is 2. The predicted octanol–water partition coefficient (Wildman–Crippen LogP) is 5.85. The smallest absolute Gasteiger partial charge is 0.252 e. The molecule has 34 heavy (non-hydrogen) atoms. The van der Waals surface area contributed by atoms with Gasteiger partial charge in [0.25, 0.3) is 11.9 Å². The molecule has 0 atom stereocenters. The quantitative estimate of drug-likeness (QED) is 0.327. The maximum atomic E-state index is 4.76.